The molecule has 0 aliphatic rings. The van der Waals surface area contributed by atoms with Gasteiger partial charge in [0.1, 0.15) is 5.75 Å². The van der Waals surface area contributed by atoms with Gasteiger partial charge in [0.2, 0.25) is 0 Å². The highest BCUT2D eigenvalue weighted by Crippen LogP contribution is 2.33. The van der Waals surface area contributed by atoms with E-state index in [-0.39, 0.29) is 6.03 Å². The molecule has 4 aromatic rings. The quantitative estimate of drug-likeness (QED) is 0.395. The molecule has 2 amide bonds. The average molecular weight is 432 g/mol. The van der Waals surface area contributed by atoms with Crippen LogP contribution in [0.3, 0.4) is 0 Å². The Bertz CT molecular complexity index is 1240. The van der Waals surface area contributed by atoms with Crippen LogP contribution in [0.5, 0.6) is 5.75 Å². The first-order valence-corrected chi connectivity index (χ1v) is 10.2. The average Bonchev–Trinajstić information content (AvgIpc) is 2.79. The van der Waals surface area contributed by atoms with Crippen molar-refractivity contribution in [2.24, 2.45) is 0 Å². The third kappa shape index (κ3) is 4.62. The highest BCUT2D eigenvalue weighted by molar-refractivity contribution is 6.30. The molecule has 4 rings (SSSR count). The molecule has 0 aliphatic heterocycles. The number of nitrogens with zero attached hydrogens (tertiary/aromatic N) is 1. The minimum Gasteiger partial charge on any atom is -0.496 e. The molecule has 0 atom stereocenters. The van der Waals surface area contributed by atoms with Crippen molar-refractivity contribution in [3.05, 3.63) is 89.2 Å². The Morgan fingerprint density at radius 2 is 1.84 bits per heavy atom. The van der Waals surface area contributed by atoms with Crippen molar-refractivity contribution in [2.45, 2.75) is 13.5 Å². The Balaban J connectivity index is 1.57. The van der Waals surface area contributed by atoms with Gasteiger partial charge in [-0.15, -0.1) is 0 Å². The van der Waals surface area contributed by atoms with Gasteiger partial charge in [-0.1, -0.05) is 29.8 Å². The number of aryl methyl sites for hydroxylation is 1. The lowest BCUT2D eigenvalue weighted by atomic mass is 9.95. The van der Waals surface area contributed by atoms with Crippen LogP contribution in [0.1, 0.15) is 11.1 Å². The number of rotatable bonds is 5. The monoisotopic (exact) mass is 431 g/mol. The van der Waals surface area contributed by atoms with Crippen LogP contribution in [0, 0.1) is 6.92 Å². The molecule has 0 radical (unpaired) electrons. The minimum absolute atomic E-state index is 0.283. The number of hydrogen-bond donors (Lipinski definition) is 2. The van der Waals surface area contributed by atoms with Gasteiger partial charge in [0.05, 0.1) is 7.11 Å². The summed E-state index contributed by atoms with van der Waals surface area (Å²) in [6, 6.07) is 19.0. The molecule has 0 spiro atoms. The minimum atomic E-state index is -0.283. The molecule has 0 saturated carbocycles. The van der Waals surface area contributed by atoms with E-state index < -0.39 is 0 Å². The molecular weight excluding hydrogens is 410 g/mol. The number of methoxy groups -OCH3 is 1. The number of carbonyl (C=O) groups is 1. The lowest BCUT2D eigenvalue weighted by Gasteiger charge is -2.14. The van der Waals surface area contributed by atoms with E-state index in [1.807, 2.05) is 31.3 Å². The largest absolute Gasteiger partial charge is 0.496 e. The Kier molecular flexibility index (Phi) is 6.05. The first kappa shape index (κ1) is 20.7. The number of pyridine rings is 1. The van der Waals surface area contributed by atoms with E-state index in [4.69, 9.17) is 16.3 Å². The first-order valence-electron chi connectivity index (χ1n) is 9.86. The lowest BCUT2D eigenvalue weighted by Crippen LogP contribution is -2.28. The van der Waals surface area contributed by atoms with E-state index >= 15 is 0 Å². The van der Waals surface area contributed by atoms with E-state index in [2.05, 4.69) is 33.8 Å². The van der Waals surface area contributed by atoms with E-state index in [9.17, 15) is 4.79 Å². The fourth-order valence-electron chi connectivity index (χ4n) is 3.58. The molecule has 0 bridgehead atoms. The number of fused-ring (bicyclic) bond motifs is 1. The van der Waals surface area contributed by atoms with Gasteiger partial charge >= 0.3 is 6.03 Å². The van der Waals surface area contributed by atoms with Gasteiger partial charge in [-0.05, 0) is 77.0 Å². The molecule has 31 heavy (non-hydrogen) atoms. The second-order valence-electron chi connectivity index (χ2n) is 7.19. The third-order valence-electron chi connectivity index (χ3n) is 5.16. The van der Waals surface area contributed by atoms with Crippen molar-refractivity contribution in [3.8, 4) is 16.9 Å². The summed E-state index contributed by atoms with van der Waals surface area (Å²) < 4.78 is 5.38. The Morgan fingerprint density at radius 3 is 2.58 bits per heavy atom. The Morgan fingerprint density at radius 1 is 1.03 bits per heavy atom. The third-order valence-corrected chi connectivity index (χ3v) is 5.41. The fraction of sp³-hybridized carbons (Fsp3) is 0.120. The summed E-state index contributed by atoms with van der Waals surface area (Å²) in [7, 11) is 1.67. The van der Waals surface area contributed by atoms with Crippen LogP contribution in [0.15, 0.2) is 73.1 Å². The van der Waals surface area contributed by atoms with E-state index in [0.29, 0.717) is 17.3 Å². The molecule has 0 aliphatic carbocycles. The van der Waals surface area contributed by atoms with Gasteiger partial charge < -0.3 is 15.4 Å². The summed E-state index contributed by atoms with van der Waals surface area (Å²) in [4.78, 5) is 16.6. The number of amides is 2. The summed E-state index contributed by atoms with van der Waals surface area (Å²) in [5, 5.41) is 8.42. The Hall–Kier alpha value is -3.57. The van der Waals surface area contributed by atoms with Crippen LogP contribution in [-0.2, 0) is 6.54 Å². The molecule has 1 aromatic heterocycles. The summed E-state index contributed by atoms with van der Waals surface area (Å²) in [6.07, 6.45) is 3.62. The normalized spacial score (nSPS) is 10.7. The highest BCUT2D eigenvalue weighted by atomic mass is 35.5. The van der Waals surface area contributed by atoms with E-state index in [1.54, 1.807) is 37.6 Å². The Labute approximate surface area is 186 Å². The second kappa shape index (κ2) is 9.06. The number of benzene rings is 3. The van der Waals surface area contributed by atoms with Crippen molar-refractivity contribution in [1.29, 1.82) is 0 Å². The summed E-state index contributed by atoms with van der Waals surface area (Å²) >= 11 is 5.89. The molecular formula is C25H22ClN3O2. The molecule has 5 nitrogen and oxygen atoms in total. The number of halogens is 1. The number of nitrogens with one attached hydrogen (secondary N) is 2. The van der Waals surface area contributed by atoms with Crippen LogP contribution in [0.4, 0.5) is 10.5 Å². The fourth-order valence-corrected chi connectivity index (χ4v) is 3.71. The molecule has 6 heteroatoms. The highest BCUT2D eigenvalue weighted by Gasteiger charge is 2.11. The summed E-state index contributed by atoms with van der Waals surface area (Å²) in [5.41, 5.74) is 4.96. The molecule has 1 heterocycles. The topological polar surface area (TPSA) is 63.2 Å². The van der Waals surface area contributed by atoms with Gasteiger partial charge in [0.15, 0.2) is 0 Å². The van der Waals surface area contributed by atoms with E-state index in [0.717, 1.165) is 38.8 Å². The first-order chi connectivity index (χ1) is 15.0. The smallest absolute Gasteiger partial charge is 0.319 e. The number of hydrogen-bond acceptors (Lipinski definition) is 3. The number of carbonyl (C=O) groups excluding carboxylic acids is 1. The lowest BCUT2D eigenvalue weighted by molar-refractivity contribution is 0.252. The standard InChI is InChI=1S/C25H22ClN3O2/c1-16-13-17(4-10-24(16)31-2)21-9-3-18(23-15-27-12-11-22(21)23)14-28-25(30)29-20-7-5-19(26)6-8-20/h3-13,15H,14H2,1-2H3,(H2,28,29,30). The van der Waals surface area contributed by atoms with Crippen LogP contribution in [0.25, 0.3) is 21.9 Å². The van der Waals surface area contributed by atoms with Gasteiger partial charge in [-0.3, -0.25) is 4.98 Å². The van der Waals surface area contributed by atoms with E-state index in [1.165, 1.54) is 0 Å². The number of aromatic nitrogens is 1. The zero-order valence-corrected chi connectivity index (χ0v) is 18.0. The van der Waals surface area contributed by atoms with Crippen molar-refractivity contribution in [1.82, 2.24) is 10.3 Å². The maximum atomic E-state index is 12.3. The van der Waals surface area contributed by atoms with Gasteiger partial charge in [0, 0.05) is 35.0 Å². The van der Waals surface area contributed by atoms with Crippen LogP contribution in [0.2, 0.25) is 5.02 Å². The summed E-state index contributed by atoms with van der Waals surface area (Å²) in [5.74, 6) is 0.863. The van der Waals surface area contributed by atoms with Crippen molar-refractivity contribution in [2.75, 3.05) is 12.4 Å². The maximum Gasteiger partial charge on any atom is 0.319 e. The predicted octanol–water partition coefficient (Wildman–Crippen LogP) is 6.19. The number of urea groups is 1. The van der Waals surface area contributed by atoms with Gasteiger partial charge in [-0.2, -0.15) is 0 Å². The molecule has 0 unspecified atom stereocenters. The SMILES string of the molecule is COc1ccc(-c2ccc(CNC(=O)Nc3ccc(Cl)cc3)c3cnccc23)cc1C. The van der Waals surface area contributed by atoms with Crippen LogP contribution >= 0.6 is 11.6 Å². The predicted molar refractivity (Wildman–Crippen MR) is 126 cm³/mol. The summed E-state index contributed by atoms with van der Waals surface area (Å²) in [6.45, 7) is 2.41. The maximum absolute atomic E-state index is 12.3. The molecule has 0 fully saturated rings. The molecule has 0 saturated heterocycles. The second-order valence-corrected chi connectivity index (χ2v) is 7.63. The zero-order valence-electron chi connectivity index (χ0n) is 17.3. The van der Waals surface area contributed by atoms with Crippen LogP contribution in [-0.4, -0.2) is 18.1 Å². The van der Waals surface area contributed by atoms with Crippen LogP contribution < -0.4 is 15.4 Å². The molecule has 156 valence electrons. The van der Waals surface area contributed by atoms with Gasteiger partial charge in [0.25, 0.3) is 0 Å². The zero-order chi connectivity index (χ0) is 21.8. The molecule has 3 aromatic carbocycles. The number of anilines is 1. The van der Waals surface area contributed by atoms with Gasteiger partial charge in [-0.25, -0.2) is 4.79 Å². The van der Waals surface area contributed by atoms with Crippen molar-refractivity contribution < 1.29 is 9.53 Å². The molecule has 2 N–H and O–H groups in total. The number of ether oxygens (including phenoxy) is 1. The van der Waals surface area contributed by atoms with Crippen molar-refractivity contribution in [3.63, 3.8) is 0 Å². The van der Waals surface area contributed by atoms with Crippen molar-refractivity contribution >= 4 is 34.1 Å².